The second-order valence-corrected chi connectivity index (χ2v) is 4.98. The van der Waals surface area contributed by atoms with Gasteiger partial charge in [-0.2, -0.15) is 0 Å². The third-order valence-electron chi connectivity index (χ3n) is 3.52. The molecule has 0 bridgehead atoms. The molecule has 1 amide bonds. The van der Waals surface area contributed by atoms with E-state index in [1.165, 1.54) is 7.11 Å². The quantitative estimate of drug-likeness (QED) is 0.811. The Balaban J connectivity index is 2.19. The first-order valence-corrected chi connectivity index (χ1v) is 7.13. The van der Waals surface area contributed by atoms with Crippen LogP contribution < -0.4 is 0 Å². The fraction of sp³-hybridized carbons (Fsp3) is 0.375. The lowest BCUT2D eigenvalue weighted by atomic mass is 10.1. The lowest BCUT2D eigenvalue weighted by Crippen LogP contribution is -2.37. The molecule has 0 saturated carbocycles. The number of imidazole rings is 1. The summed E-state index contributed by atoms with van der Waals surface area (Å²) in [6.45, 7) is 2.36. The van der Waals surface area contributed by atoms with Crippen molar-refractivity contribution in [3.05, 3.63) is 53.6 Å². The van der Waals surface area contributed by atoms with E-state index in [0.717, 1.165) is 17.0 Å². The highest BCUT2D eigenvalue weighted by Crippen LogP contribution is 2.20. The van der Waals surface area contributed by atoms with E-state index in [2.05, 4.69) is 9.97 Å². The molecular formula is C16H21N3O3. The molecule has 0 radical (unpaired) electrons. The Labute approximate surface area is 129 Å². The summed E-state index contributed by atoms with van der Waals surface area (Å²) in [5, 5.41) is 9.25. The highest BCUT2D eigenvalue weighted by atomic mass is 16.5. The standard InChI is InChI=1S/C16H21N3O3/c1-12-14(18-11-17-12)10-19(8-9-20)16(21)15(22-2)13-6-4-3-5-7-13/h3-7,11,15,20H,8-10H2,1-2H3,(H,17,18)/t15-/m1/s1. The van der Waals surface area contributed by atoms with Crippen LogP contribution in [0.5, 0.6) is 0 Å². The number of hydrogen-bond acceptors (Lipinski definition) is 4. The van der Waals surface area contributed by atoms with Crippen molar-refractivity contribution in [3.63, 3.8) is 0 Å². The van der Waals surface area contributed by atoms with E-state index in [0.29, 0.717) is 6.54 Å². The van der Waals surface area contributed by atoms with Crippen molar-refractivity contribution in [1.29, 1.82) is 0 Å². The number of H-pyrrole nitrogens is 1. The first-order chi connectivity index (χ1) is 10.7. The second-order valence-electron chi connectivity index (χ2n) is 4.98. The van der Waals surface area contributed by atoms with Gasteiger partial charge in [-0.25, -0.2) is 4.98 Å². The minimum atomic E-state index is -0.688. The van der Waals surface area contributed by atoms with Crippen LogP contribution >= 0.6 is 0 Å². The van der Waals surface area contributed by atoms with Crippen LogP contribution in [0.15, 0.2) is 36.7 Å². The lowest BCUT2D eigenvalue weighted by Gasteiger charge is -2.26. The van der Waals surface area contributed by atoms with Crippen molar-refractivity contribution >= 4 is 5.91 Å². The predicted octanol–water partition coefficient (Wildman–Crippen LogP) is 1.43. The number of aromatic nitrogens is 2. The lowest BCUT2D eigenvalue weighted by molar-refractivity contribution is -0.143. The van der Waals surface area contributed by atoms with E-state index in [4.69, 9.17) is 4.74 Å². The van der Waals surface area contributed by atoms with Gasteiger partial charge in [-0.1, -0.05) is 30.3 Å². The Morgan fingerprint density at radius 3 is 2.68 bits per heavy atom. The Bertz CT molecular complexity index is 598. The average molecular weight is 303 g/mol. The normalized spacial score (nSPS) is 12.1. The third kappa shape index (κ3) is 3.72. The van der Waals surface area contributed by atoms with Crippen LogP contribution in [0.2, 0.25) is 0 Å². The zero-order valence-corrected chi connectivity index (χ0v) is 12.8. The summed E-state index contributed by atoms with van der Waals surface area (Å²) >= 11 is 0. The monoisotopic (exact) mass is 303 g/mol. The molecule has 118 valence electrons. The molecule has 0 aliphatic heterocycles. The number of amides is 1. The van der Waals surface area contributed by atoms with Gasteiger partial charge in [0.25, 0.3) is 5.91 Å². The van der Waals surface area contributed by atoms with Crippen LogP contribution in [-0.4, -0.2) is 46.1 Å². The van der Waals surface area contributed by atoms with Crippen molar-refractivity contribution < 1.29 is 14.6 Å². The largest absolute Gasteiger partial charge is 0.395 e. The number of nitrogens with zero attached hydrogens (tertiary/aromatic N) is 2. The van der Waals surface area contributed by atoms with Crippen LogP contribution in [0.3, 0.4) is 0 Å². The number of rotatable bonds is 7. The Morgan fingerprint density at radius 1 is 1.41 bits per heavy atom. The topological polar surface area (TPSA) is 78.4 Å². The predicted molar refractivity (Wildman–Crippen MR) is 82.0 cm³/mol. The molecule has 22 heavy (non-hydrogen) atoms. The van der Waals surface area contributed by atoms with Crippen LogP contribution in [-0.2, 0) is 16.1 Å². The molecule has 0 aliphatic rings. The van der Waals surface area contributed by atoms with Gasteiger partial charge in [-0.05, 0) is 12.5 Å². The van der Waals surface area contributed by atoms with E-state index in [-0.39, 0.29) is 19.1 Å². The van der Waals surface area contributed by atoms with E-state index in [1.54, 1.807) is 11.2 Å². The molecule has 2 aromatic rings. The molecular weight excluding hydrogens is 282 g/mol. The molecule has 1 aromatic carbocycles. The number of benzene rings is 1. The molecule has 1 aromatic heterocycles. The molecule has 0 aliphatic carbocycles. The van der Waals surface area contributed by atoms with E-state index < -0.39 is 6.10 Å². The zero-order valence-electron chi connectivity index (χ0n) is 12.8. The van der Waals surface area contributed by atoms with Gasteiger partial charge in [0.15, 0.2) is 6.10 Å². The van der Waals surface area contributed by atoms with Gasteiger partial charge >= 0.3 is 0 Å². The molecule has 0 spiro atoms. The zero-order chi connectivity index (χ0) is 15.9. The number of methoxy groups -OCH3 is 1. The van der Waals surface area contributed by atoms with E-state index >= 15 is 0 Å². The molecule has 6 heteroatoms. The summed E-state index contributed by atoms with van der Waals surface area (Å²) < 4.78 is 5.37. The number of aliphatic hydroxyl groups is 1. The minimum absolute atomic E-state index is 0.111. The first-order valence-electron chi connectivity index (χ1n) is 7.13. The van der Waals surface area contributed by atoms with Crippen LogP contribution in [0, 0.1) is 6.92 Å². The van der Waals surface area contributed by atoms with Crippen molar-refractivity contribution in [2.24, 2.45) is 0 Å². The molecule has 6 nitrogen and oxygen atoms in total. The molecule has 1 heterocycles. The van der Waals surface area contributed by atoms with Gasteiger partial charge in [0.2, 0.25) is 0 Å². The van der Waals surface area contributed by atoms with Gasteiger partial charge in [0, 0.05) is 19.3 Å². The van der Waals surface area contributed by atoms with Crippen molar-refractivity contribution in [1.82, 2.24) is 14.9 Å². The SMILES string of the molecule is CO[C@@H](C(=O)N(CCO)Cc1nc[nH]c1C)c1ccccc1. The van der Waals surface area contributed by atoms with Crippen molar-refractivity contribution in [2.45, 2.75) is 19.6 Å². The van der Waals surface area contributed by atoms with Crippen LogP contribution in [0.1, 0.15) is 23.1 Å². The maximum absolute atomic E-state index is 12.8. The van der Waals surface area contributed by atoms with E-state index in [9.17, 15) is 9.90 Å². The maximum Gasteiger partial charge on any atom is 0.256 e. The highest BCUT2D eigenvalue weighted by molar-refractivity contribution is 5.82. The van der Waals surface area contributed by atoms with Gasteiger partial charge in [-0.3, -0.25) is 4.79 Å². The molecule has 0 saturated heterocycles. The van der Waals surface area contributed by atoms with Crippen LogP contribution in [0.25, 0.3) is 0 Å². The first kappa shape index (κ1) is 16.2. The number of aryl methyl sites for hydroxylation is 1. The van der Waals surface area contributed by atoms with Crippen molar-refractivity contribution in [3.8, 4) is 0 Å². The molecule has 0 fully saturated rings. The summed E-state index contributed by atoms with van der Waals surface area (Å²) in [6.07, 6.45) is 0.907. The number of aromatic amines is 1. The van der Waals surface area contributed by atoms with Crippen LogP contribution in [0.4, 0.5) is 0 Å². The fourth-order valence-corrected chi connectivity index (χ4v) is 2.29. The summed E-state index contributed by atoms with van der Waals surface area (Å²) in [5.41, 5.74) is 2.48. The summed E-state index contributed by atoms with van der Waals surface area (Å²) in [7, 11) is 1.51. The number of carbonyl (C=O) groups is 1. The fourth-order valence-electron chi connectivity index (χ4n) is 2.29. The number of nitrogens with one attached hydrogen (secondary N) is 1. The number of ether oxygens (including phenoxy) is 1. The summed E-state index contributed by atoms with van der Waals surface area (Å²) in [5.74, 6) is -0.190. The Morgan fingerprint density at radius 2 is 2.14 bits per heavy atom. The number of carbonyl (C=O) groups excluding carboxylic acids is 1. The van der Waals surface area contributed by atoms with E-state index in [1.807, 2.05) is 37.3 Å². The molecule has 2 rings (SSSR count). The van der Waals surface area contributed by atoms with Crippen molar-refractivity contribution in [2.75, 3.05) is 20.3 Å². The Hall–Kier alpha value is -2.18. The molecule has 0 unspecified atom stereocenters. The minimum Gasteiger partial charge on any atom is -0.395 e. The maximum atomic E-state index is 12.8. The second kappa shape index (κ2) is 7.72. The number of aliphatic hydroxyl groups excluding tert-OH is 1. The highest BCUT2D eigenvalue weighted by Gasteiger charge is 2.26. The van der Waals surface area contributed by atoms with Gasteiger partial charge < -0.3 is 19.7 Å². The molecule has 1 atom stereocenters. The number of hydrogen-bond donors (Lipinski definition) is 2. The van der Waals surface area contributed by atoms with Gasteiger partial charge in [0.1, 0.15) is 0 Å². The smallest absolute Gasteiger partial charge is 0.256 e. The Kier molecular flexibility index (Phi) is 5.68. The summed E-state index contributed by atoms with van der Waals surface area (Å²) in [4.78, 5) is 21.5. The van der Waals surface area contributed by atoms with Gasteiger partial charge in [0.05, 0.1) is 25.2 Å². The molecule has 2 N–H and O–H groups in total. The van der Waals surface area contributed by atoms with Gasteiger partial charge in [-0.15, -0.1) is 0 Å². The summed E-state index contributed by atoms with van der Waals surface area (Å²) in [6, 6.07) is 9.32. The third-order valence-corrected chi connectivity index (χ3v) is 3.52. The average Bonchev–Trinajstić information content (AvgIpc) is 2.94.